The predicted molar refractivity (Wildman–Crippen MR) is 67.6 cm³/mol. The molecule has 1 rings (SSSR count). The van der Waals surface area contributed by atoms with Crippen LogP contribution >= 0.6 is 0 Å². The highest BCUT2D eigenvalue weighted by atomic mass is 16.6. The molecule has 0 aliphatic rings. The number of hydrogen-bond acceptors (Lipinski definition) is 3. The third kappa shape index (κ3) is 3.89. The fraction of sp³-hybridized carbons (Fsp3) is 0.385. The van der Waals surface area contributed by atoms with Crippen molar-refractivity contribution in [3.63, 3.8) is 0 Å². The van der Waals surface area contributed by atoms with Gasteiger partial charge in [0.05, 0.1) is 11.5 Å². The van der Waals surface area contributed by atoms with Gasteiger partial charge in [0.15, 0.2) is 0 Å². The molecule has 0 fully saturated rings. The maximum absolute atomic E-state index is 10.7. The van der Waals surface area contributed by atoms with Gasteiger partial charge in [0.2, 0.25) is 0 Å². The summed E-state index contributed by atoms with van der Waals surface area (Å²) in [4.78, 5) is 10.3. The zero-order valence-corrected chi connectivity index (χ0v) is 10.1. The Kier molecular flexibility index (Phi) is 5.18. The van der Waals surface area contributed by atoms with Crippen LogP contribution in [0, 0.1) is 22.0 Å². The largest absolute Gasteiger partial charge is 0.299 e. The van der Waals surface area contributed by atoms with E-state index in [9.17, 15) is 10.1 Å². The molecule has 1 aromatic carbocycles. The lowest BCUT2D eigenvalue weighted by Crippen LogP contribution is -2.21. The van der Waals surface area contributed by atoms with Gasteiger partial charge < -0.3 is 0 Å². The first-order valence-corrected chi connectivity index (χ1v) is 5.56. The van der Waals surface area contributed by atoms with Crippen LogP contribution in [0.2, 0.25) is 0 Å². The van der Waals surface area contributed by atoms with Gasteiger partial charge in [0.25, 0.3) is 5.69 Å². The Hall–Kier alpha value is -1.86. The molecular formula is C13H16N2O2. The maximum Gasteiger partial charge on any atom is 0.269 e. The summed E-state index contributed by atoms with van der Waals surface area (Å²) in [5, 5.41) is 13.9. The Morgan fingerprint density at radius 1 is 1.53 bits per heavy atom. The lowest BCUT2D eigenvalue weighted by atomic mass is 10.0. The number of rotatable bonds is 5. The normalized spacial score (nSPS) is 11.4. The van der Waals surface area contributed by atoms with Gasteiger partial charge in [-0.15, -0.1) is 5.92 Å². The first-order chi connectivity index (χ1) is 8.19. The highest BCUT2D eigenvalue weighted by molar-refractivity contribution is 5.35. The number of hydrogen-bond donors (Lipinski definition) is 1. The van der Waals surface area contributed by atoms with Crippen LogP contribution in [0.1, 0.15) is 31.9 Å². The molecule has 0 saturated heterocycles. The van der Waals surface area contributed by atoms with Crippen molar-refractivity contribution in [3.8, 4) is 11.8 Å². The molecule has 1 unspecified atom stereocenters. The Morgan fingerprint density at radius 2 is 2.29 bits per heavy atom. The Labute approximate surface area is 101 Å². The molecule has 1 N–H and O–H groups in total. The molecule has 0 aliphatic heterocycles. The molecule has 1 aromatic rings. The molecule has 0 heterocycles. The van der Waals surface area contributed by atoms with Gasteiger partial charge in [-0.2, -0.15) is 0 Å². The minimum absolute atomic E-state index is 0.107. The van der Waals surface area contributed by atoms with E-state index in [0.29, 0.717) is 6.54 Å². The lowest BCUT2D eigenvalue weighted by molar-refractivity contribution is -0.384. The fourth-order valence-corrected chi connectivity index (χ4v) is 1.62. The second-order valence-electron chi connectivity index (χ2n) is 3.62. The summed E-state index contributed by atoms with van der Waals surface area (Å²) in [6.07, 6.45) is 0.868. The van der Waals surface area contributed by atoms with Crippen molar-refractivity contribution < 1.29 is 4.92 Å². The van der Waals surface area contributed by atoms with E-state index in [0.717, 1.165) is 12.0 Å². The van der Waals surface area contributed by atoms with Gasteiger partial charge in [-0.3, -0.25) is 15.4 Å². The van der Waals surface area contributed by atoms with Crippen LogP contribution < -0.4 is 5.32 Å². The molecule has 0 saturated carbocycles. The van der Waals surface area contributed by atoms with Gasteiger partial charge in [0.1, 0.15) is 0 Å². The third-order valence-electron chi connectivity index (χ3n) is 2.51. The number of nitrogens with one attached hydrogen (secondary N) is 1. The first kappa shape index (κ1) is 13.2. The summed E-state index contributed by atoms with van der Waals surface area (Å²) in [6, 6.07) is 6.83. The SMILES string of the molecule is CC#CCNC(CC)c1cccc([N+](=O)[O-])c1. The van der Waals surface area contributed by atoms with E-state index in [4.69, 9.17) is 0 Å². The monoisotopic (exact) mass is 232 g/mol. The summed E-state index contributed by atoms with van der Waals surface area (Å²) in [7, 11) is 0. The van der Waals surface area contributed by atoms with Crippen molar-refractivity contribution in [2.24, 2.45) is 0 Å². The van der Waals surface area contributed by atoms with Crippen LogP contribution in [-0.4, -0.2) is 11.5 Å². The van der Waals surface area contributed by atoms with E-state index in [1.807, 2.05) is 13.0 Å². The van der Waals surface area contributed by atoms with E-state index in [2.05, 4.69) is 17.2 Å². The summed E-state index contributed by atoms with van der Waals surface area (Å²) in [6.45, 7) is 4.42. The Balaban J connectivity index is 2.82. The molecule has 4 nitrogen and oxygen atoms in total. The standard InChI is InChI=1S/C13H16N2O2/c1-3-5-9-14-13(4-2)11-7-6-8-12(10-11)15(16)17/h6-8,10,13-14H,4,9H2,1-2H3. The second kappa shape index (κ2) is 6.66. The average Bonchev–Trinajstić information content (AvgIpc) is 2.35. The van der Waals surface area contributed by atoms with Crippen molar-refractivity contribution in [1.29, 1.82) is 0 Å². The molecule has 0 amide bonds. The summed E-state index contributed by atoms with van der Waals surface area (Å²) >= 11 is 0. The van der Waals surface area contributed by atoms with Crippen molar-refractivity contribution >= 4 is 5.69 Å². The first-order valence-electron chi connectivity index (χ1n) is 5.56. The highest BCUT2D eigenvalue weighted by Crippen LogP contribution is 2.21. The van der Waals surface area contributed by atoms with E-state index in [1.165, 1.54) is 6.07 Å². The molecule has 0 bridgehead atoms. The number of non-ortho nitro benzene ring substituents is 1. The Bertz CT molecular complexity index is 446. The van der Waals surface area contributed by atoms with Crippen molar-refractivity contribution in [2.45, 2.75) is 26.3 Å². The molecule has 1 atom stereocenters. The summed E-state index contributed by atoms with van der Waals surface area (Å²) in [5.74, 6) is 5.73. The zero-order chi connectivity index (χ0) is 12.7. The molecular weight excluding hydrogens is 216 g/mol. The van der Waals surface area contributed by atoms with E-state index >= 15 is 0 Å². The molecule has 0 radical (unpaired) electrons. The number of nitro benzene ring substituents is 1. The summed E-state index contributed by atoms with van der Waals surface area (Å²) < 4.78 is 0. The minimum atomic E-state index is -0.373. The van der Waals surface area contributed by atoms with E-state index in [-0.39, 0.29) is 16.7 Å². The van der Waals surface area contributed by atoms with Gasteiger partial charge in [-0.05, 0) is 18.9 Å². The minimum Gasteiger partial charge on any atom is -0.299 e. The molecule has 17 heavy (non-hydrogen) atoms. The van der Waals surface area contributed by atoms with Gasteiger partial charge in [-0.1, -0.05) is 25.0 Å². The Morgan fingerprint density at radius 3 is 2.88 bits per heavy atom. The highest BCUT2D eigenvalue weighted by Gasteiger charge is 2.12. The van der Waals surface area contributed by atoms with Crippen LogP contribution in [0.25, 0.3) is 0 Å². The lowest BCUT2D eigenvalue weighted by Gasteiger charge is -2.15. The molecule has 0 spiro atoms. The van der Waals surface area contributed by atoms with Gasteiger partial charge in [-0.25, -0.2) is 0 Å². The zero-order valence-electron chi connectivity index (χ0n) is 10.1. The quantitative estimate of drug-likeness (QED) is 0.482. The van der Waals surface area contributed by atoms with Crippen molar-refractivity contribution in [3.05, 3.63) is 39.9 Å². The van der Waals surface area contributed by atoms with Gasteiger partial charge >= 0.3 is 0 Å². The van der Waals surface area contributed by atoms with Crippen molar-refractivity contribution in [1.82, 2.24) is 5.32 Å². The fourth-order valence-electron chi connectivity index (χ4n) is 1.62. The number of benzene rings is 1. The second-order valence-corrected chi connectivity index (χ2v) is 3.62. The molecule has 0 aliphatic carbocycles. The average molecular weight is 232 g/mol. The number of nitrogens with zero attached hydrogens (tertiary/aromatic N) is 1. The molecule has 90 valence electrons. The summed E-state index contributed by atoms with van der Waals surface area (Å²) in [5.41, 5.74) is 1.06. The van der Waals surface area contributed by atoms with Crippen LogP contribution in [0.5, 0.6) is 0 Å². The number of nitro groups is 1. The van der Waals surface area contributed by atoms with Crippen LogP contribution in [0.15, 0.2) is 24.3 Å². The molecule has 0 aromatic heterocycles. The topological polar surface area (TPSA) is 55.2 Å². The van der Waals surface area contributed by atoms with Crippen LogP contribution in [0.4, 0.5) is 5.69 Å². The smallest absolute Gasteiger partial charge is 0.269 e. The van der Waals surface area contributed by atoms with Gasteiger partial charge in [0, 0.05) is 18.2 Å². The third-order valence-corrected chi connectivity index (χ3v) is 2.51. The molecule has 4 heteroatoms. The van der Waals surface area contributed by atoms with Crippen molar-refractivity contribution in [2.75, 3.05) is 6.54 Å². The predicted octanol–water partition coefficient (Wildman–Crippen LogP) is 2.66. The van der Waals surface area contributed by atoms with Crippen LogP contribution in [0.3, 0.4) is 0 Å². The maximum atomic E-state index is 10.7. The van der Waals surface area contributed by atoms with E-state index in [1.54, 1.807) is 19.1 Å². The van der Waals surface area contributed by atoms with Crippen LogP contribution in [-0.2, 0) is 0 Å². The van der Waals surface area contributed by atoms with E-state index < -0.39 is 0 Å².